The van der Waals surface area contributed by atoms with Crippen LogP contribution in [0.1, 0.15) is 16.2 Å². The summed E-state index contributed by atoms with van der Waals surface area (Å²) < 4.78 is 3.80. The number of hydrogen-bond donors (Lipinski definition) is 2. The summed E-state index contributed by atoms with van der Waals surface area (Å²) in [7, 11) is 0. The van der Waals surface area contributed by atoms with E-state index in [0.29, 0.717) is 25.3 Å². The van der Waals surface area contributed by atoms with Crippen molar-refractivity contribution in [1.82, 2.24) is 39.8 Å². The van der Waals surface area contributed by atoms with Gasteiger partial charge in [0.1, 0.15) is 18.3 Å². The van der Waals surface area contributed by atoms with Crippen LogP contribution in [0.15, 0.2) is 49.3 Å². The Labute approximate surface area is 142 Å². The van der Waals surface area contributed by atoms with Crippen molar-refractivity contribution in [2.24, 2.45) is 0 Å². The topological polar surface area (TPSA) is 106 Å². The average molecular weight is 336 g/mol. The van der Waals surface area contributed by atoms with E-state index in [4.69, 9.17) is 0 Å². The minimum absolute atomic E-state index is 0.217. The zero-order valence-electron chi connectivity index (χ0n) is 13.3. The second kappa shape index (κ2) is 6.56. The van der Waals surface area contributed by atoms with Crippen molar-refractivity contribution in [3.8, 4) is 0 Å². The standard InChI is InChI=1S/C16H16N8O/c25-16(17-5-6-23-10-19-20-11-23)14-7-12(21-22-14)8-24-9-18-13-3-1-2-4-15(13)24/h1-4,7,9-11H,5-6,8H2,(H,17,25)(H,21,22). The van der Waals surface area contributed by atoms with Crippen LogP contribution in [-0.4, -0.2) is 47.0 Å². The van der Waals surface area contributed by atoms with Crippen molar-refractivity contribution in [2.45, 2.75) is 13.1 Å². The second-order valence-electron chi connectivity index (χ2n) is 5.60. The minimum Gasteiger partial charge on any atom is -0.349 e. The van der Waals surface area contributed by atoms with Crippen LogP contribution in [0.5, 0.6) is 0 Å². The molecule has 4 aromatic rings. The molecule has 0 unspecified atom stereocenters. The molecule has 2 N–H and O–H groups in total. The molecule has 126 valence electrons. The van der Waals surface area contributed by atoms with Crippen LogP contribution in [0.25, 0.3) is 11.0 Å². The summed E-state index contributed by atoms with van der Waals surface area (Å²) in [6.07, 6.45) is 4.99. The molecule has 0 radical (unpaired) electrons. The highest BCUT2D eigenvalue weighted by molar-refractivity contribution is 5.92. The van der Waals surface area contributed by atoms with Gasteiger partial charge < -0.3 is 14.5 Å². The lowest BCUT2D eigenvalue weighted by Gasteiger charge is -2.03. The molecule has 0 aliphatic carbocycles. The first-order chi connectivity index (χ1) is 12.3. The molecule has 0 aliphatic heterocycles. The Hall–Kier alpha value is -3.49. The number of carbonyl (C=O) groups is 1. The third kappa shape index (κ3) is 3.25. The molecule has 1 amide bonds. The highest BCUT2D eigenvalue weighted by atomic mass is 16.1. The van der Waals surface area contributed by atoms with Crippen LogP contribution < -0.4 is 5.32 Å². The summed E-state index contributed by atoms with van der Waals surface area (Å²) in [5.41, 5.74) is 3.18. The van der Waals surface area contributed by atoms with E-state index in [1.165, 1.54) is 0 Å². The number of nitrogens with zero attached hydrogens (tertiary/aromatic N) is 6. The lowest BCUT2D eigenvalue weighted by Crippen LogP contribution is -2.27. The number of benzene rings is 1. The number of imidazole rings is 1. The van der Waals surface area contributed by atoms with Gasteiger partial charge in [0.05, 0.1) is 29.6 Å². The highest BCUT2D eigenvalue weighted by Gasteiger charge is 2.11. The molecule has 9 heteroatoms. The van der Waals surface area contributed by atoms with Crippen molar-refractivity contribution in [3.05, 3.63) is 60.7 Å². The van der Waals surface area contributed by atoms with Crippen molar-refractivity contribution >= 4 is 16.9 Å². The van der Waals surface area contributed by atoms with E-state index in [1.54, 1.807) is 29.6 Å². The third-order valence-electron chi connectivity index (χ3n) is 3.85. The molecule has 0 atom stereocenters. The van der Waals surface area contributed by atoms with Crippen LogP contribution >= 0.6 is 0 Å². The van der Waals surface area contributed by atoms with Crippen molar-refractivity contribution in [1.29, 1.82) is 0 Å². The summed E-state index contributed by atoms with van der Waals surface area (Å²) in [4.78, 5) is 16.5. The Bertz CT molecular complexity index is 985. The van der Waals surface area contributed by atoms with Crippen molar-refractivity contribution in [3.63, 3.8) is 0 Å². The number of carbonyl (C=O) groups excluding carboxylic acids is 1. The van der Waals surface area contributed by atoms with Crippen LogP contribution in [-0.2, 0) is 13.1 Å². The Balaban J connectivity index is 1.38. The first kappa shape index (κ1) is 15.1. The molecule has 9 nitrogen and oxygen atoms in total. The van der Waals surface area contributed by atoms with E-state index in [0.717, 1.165) is 16.7 Å². The number of rotatable bonds is 6. The largest absolute Gasteiger partial charge is 0.349 e. The maximum Gasteiger partial charge on any atom is 0.271 e. The number of fused-ring (bicyclic) bond motifs is 1. The maximum absolute atomic E-state index is 12.1. The van der Waals surface area contributed by atoms with Gasteiger partial charge in [-0.1, -0.05) is 12.1 Å². The van der Waals surface area contributed by atoms with Gasteiger partial charge in [0.25, 0.3) is 5.91 Å². The first-order valence-electron chi connectivity index (χ1n) is 7.84. The number of hydrogen-bond acceptors (Lipinski definition) is 5. The average Bonchev–Trinajstić information content (AvgIpc) is 3.37. The number of aromatic amines is 1. The van der Waals surface area contributed by atoms with Crippen molar-refractivity contribution < 1.29 is 4.79 Å². The zero-order chi connectivity index (χ0) is 17.1. The molecule has 25 heavy (non-hydrogen) atoms. The summed E-state index contributed by atoms with van der Waals surface area (Å²) >= 11 is 0. The smallest absolute Gasteiger partial charge is 0.271 e. The second-order valence-corrected chi connectivity index (χ2v) is 5.60. The van der Waals surface area contributed by atoms with E-state index in [1.807, 2.05) is 28.8 Å². The molecule has 0 saturated carbocycles. The SMILES string of the molecule is O=C(NCCn1cnnc1)c1cc(Cn2cnc3ccccc32)[nH]n1. The summed E-state index contributed by atoms with van der Waals surface area (Å²) in [5, 5.41) is 17.2. The fourth-order valence-corrected chi connectivity index (χ4v) is 2.61. The molecule has 3 heterocycles. The van der Waals surface area contributed by atoms with Gasteiger partial charge in [-0.2, -0.15) is 5.10 Å². The maximum atomic E-state index is 12.1. The fraction of sp³-hybridized carbons (Fsp3) is 0.188. The van der Waals surface area contributed by atoms with E-state index < -0.39 is 0 Å². The Morgan fingerprint density at radius 1 is 1.16 bits per heavy atom. The van der Waals surface area contributed by atoms with E-state index >= 15 is 0 Å². The number of amides is 1. The van der Waals surface area contributed by atoms with Gasteiger partial charge in [-0.3, -0.25) is 9.89 Å². The molecule has 0 aliphatic rings. The molecule has 0 bridgehead atoms. The molecule has 0 saturated heterocycles. The first-order valence-corrected chi connectivity index (χ1v) is 7.84. The molecule has 0 spiro atoms. The summed E-state index contributed by atoms with van der Waals surface area (Å²) in [6.45, 7) is 1.66. The van der Waals surface area contributed by atoms with E-state index in [9.17, 15) is 4.79 Å². The van der Waals surface area contributed by atoms with Gasteiger partial charge >= 0.3 is 0 Å². The van der Waals surface area contributed by atoms with Gasteiger partial charge in [-0.15, -0.1) is 10.2 Å². The van der Waals surface area contributed by atoms with Crippen LogP contribution in [0.3, 0.4) is 0 Å². The van der Waals surface area contributed by atoms with Gasteiger partial charge in [0.2, 0.25) is 0 Å². The lowest BCUT2D eigenvalue weighted by atomic mass is 10.3. The van der Waals surface area contributed by atoms with E-state index in [-0.39, 0.29) is 5.91 Å². The Kier molecular flexibility index (Phi) is 3.95. The van der Waals surface area contributed by atoms with Gasteiger partial charge in [-0.25, -0.2) is 4.98 Å². The van der Waals surface area contributed by atoms with Crippen LogP contribution in [0.4, 0.5) is 0 Å². The molecule has 1 aromatic carbocycles. The van der Waals surface area contributed by atoms with E-state index in [2.05, 4.69) is 30.7 Å². The van der Waals surface area contributed by atoms with Crippen molar-refractivity contribution in [2.75, 3.05) is 6.54 Å². The summed E-state index contributed by atoms with van der Waals surface area (Å²) in [5.74, 6) is -0.217. The molecular formula is C16H16N8O. The number of H-pyrrole nitrogens is 1. The van der Waals surface area contributed by atoms with Crippen LogP contribution in [0.2, 0.25) is 0 Å². The third-order valence-corrected chi connectivity index (χ3v) is 3.85. The quantitative estimate of drug-likeness (QED) is 0.542. The van der Waals surface area contributed by atoms with Gasteiger partial charge in [0, 0.05) is 13.1 Å². The predicted molar refractivity (Wildman–Crippen MR) is 89.8 cm³/mol. The van der Waals surface area contributed by atoms with Gasteiger partial charge in [-0.05, 0) is 18.2 Å². The zero-order valence-corrected chi connectivity index (χ0v) is 13.3. The Morgan fingerprint density at radius 2 is 2.00 bits per heavy atom. The predicted octanol–water partition coefficient (Wildman–Crippen LogP) is 0.829. The lowest BCUT2D eigenvalue weighted by molar-refractivity contribution is 0.0947. The summed E-state index contributed by atoms with van der Waals surface area (Å²) in [6, 6.07) is 9.66. The van der Waals surface area contributed by atoms with Gasteiger partial charge in [0.15, 0.2) is 0 Å². The number of nitrogens with one attached hydrogen (secondary N) is 2. The molecule has 4 rings (SSSR count). The monoisotopic (exact) mass is 336 g/mol. The molecule has 3 aromatic heterocycles. The normalized spacial score (nSPS) is 11.0. The Morgan fingerprint density at radius 3 is 2.88 bits per heavy atom. The fourth-order valence-electron chi connectivity index (χ4n) is 2.61. The highest BCUT2D eigenvalue weighted by Crippen LogP contribution is 2.13. The molecule has 0 fully saturated rings. The number of aromatic nitrogens is 7. The minimum atomic E-state index is -0.217. The number of para-hydroxylation sites is 2. The molecular weight excluding hydrogens is 320 g/mol. The van der Waals surface area contributed by atoms with Crippen LogP contribution in [0, 0.1) is 0 Å².